The van der Waals surface area contributed by atoms with Crippen molar-refractivity contribution < 1.29 is 4.79 Å². The summed E-state index contributed by atoms with van der Waals surface area (Å²) in [4.78, 5) is 24.0. The van der Waals surface area contributed by atoms with E-state index in [1.807, 2.05) is 18.2 Å². The summed E-state index contributed by atoms with van der Waals surface area (Å²) in [6.45, 7) is 2.60. The van der Waals surface area contributed by atoms with E-state index in [-0.39, 0.29) is 11.1 Å². The number of carbonyl (C=O) groups excluding carboxylic acids is 1. The molecule has 1 amide bonds. The topological polar surface area (TPSA) is 58.1 Å². The van der Waals surface area contributed by atoms with Crippen LogP contribution in [0.5, 0.6) is 0 Å². The Bertz CT molecular complexity index is 954. The molecular formula is C21H21ClN4OS. The summed E-state index contributed by atoms with van der Waals surface area (Å²) in [6, 6.07) is 12.0. The van der Waals surface area contributed by atoms with Crippen LogP contribution in [0.15, 0.2) is 48.8 Å². The predicted molar refractivity (Wildman–Crippen MR) is 114 cm³/mol. The van der Waals surface area contributed by atoms with Crippen LogP contribution in [-0.4, -0.2) is 29.0 Å². The second-order valence-electron chi connectivity index (χ2n) is 6.74. The van der Waals surface area contributed by atoms with E-state index in [4.69, 9.17) is 11.6 Å². The molecule has 144 valence electrons. The Labute approximate surface area is 173 Å². The third-order valence-electron chi connectivity index (χ3n) is 4.83. The summed E-state index contributed by atoms with van der Waals surface area (Å²) < 4.78 is 0. The Kier molecular flexibility index (Phi) is 5.88. The van der Waals surface area contributed by atoms with Crippen molar-refractivity contribution in [1.29, 1.82) is 0 Å². The SMILES string of the molecule is O=C(NCc1ccccc1N1CCCCC1)c1sc(-c2cccnc2)nc1Cl. The van der Waals surface area contributed by atoms with Gasteiger partial charge in [0.25, 0.3) is 5.91 Å². The normalized spacial score (nSPS) is 14.1. The molecule has 0 atom stereocenters. The fourth-order valence-electron chi connectivity index (χ4n) is 3.41. The smallest absolute Gasteiger partial charge is 0.264 e. The number of rotatable bonds is 5. The van der Waals surface area contributed by atoms with Gasteiger partial charge in [0.2, 0.25) is 0 Å². The highest BCUT2D eigenvalue weighted by Crippen LogP contribution is 2.30. The van der Waals surface area contributed by atoms with Gasteiger partial charge in [0.1, 0.15) is 9.88 Å². The van der Waals surface area contributed by atoms with Crippen molar-refractivity contribution in [3.05, 3.63) is 64.4 Å². The summed E-state index contributed by atoms with van der Waals surface area (Å²) in [5, 5.41) is 3.92. The van der Waals surface area contributed by atoms with Crippen molar-refractivity contribution in [2.24, 2.45) is 0 Å². The van der Waals surface area contributed by atoms with Gasteiger partial charge in [0.05, 0.1) is 0 Å². The summed E-state index contributed by atoms with van der Waals surface area (Å²) in [7, 11) is 0. The van der Waals surface area contributed by atoms with Gasteiger partial charge in [-0.15, -0.1) is 11.3 Å². The minimum atomic E-state index is -0.203. The predicted octanol–water partition coefficient (Wildman–Crippen LogP) is 4.78. The number of aromatic nitrogens is 2. The molecule has 1 N–H and O–H groups in total. The van der Waals surface area contributed by atoms with Crippen LogP contribution < -0.4 is 10.2 Å². The number of nitrogens with one attached hydrogen (secondary N) is 1. The summed E-state index contributed by atoms with van der Waals surface area (Å²) in [6.07, 6.45) is 7.14. The zero-order chi connectivity index (χ0) is 19.3. The molecule has 7 heteroatoms. The van der Waals surface area contributed by atoms with Gasteiger partial charge in [-0.05, 0) is 43.0 Å². The average molecular weight is 413 g/mol. The molecule has 0 spiro atoms. The maximum atomic E-state index is 12.7. The molecule has 0 saturated carbocycles. The van der Waals surface area contributed by atoms with Crippen molar-refractivity contribution >= 4 is 34.5 Å². The summed E-state index contributed by atoms with van der Waals surface area (Å²) in [5.74, 6) is -0.203. The molecule has 1 aromatic carbocycles. The lowest BCUT2D eigenvalue weighted by Crippen LogP contribution is -2.31. The maximum absolute atomic E-state index is 12.7. The Balaban J connectivity index is 1.48. The first-order valence-electron chi connectivity index (χ1n) is 9.40. The maximum Gasteiger partial charge on any atom is 0.264 e. The highest BCUT2D eigenvalue weighted by Gasteiger charge is 2.19. The van der Waals surface area contributed by atoms with E-state index in [0.29, 0.717) is 16.4 Å². The molecule has 1 aliphatic heterocycles. The Morgan fingerprint density at radius 2 is 1.96 bits per heavy atom. The molecule has 4 rings (SSSR count). The van der Waals surface area contributed by atoms with E-state index in [0.717, 1.165) is 24.2 Å². The van der Waals surface area contributed by atoms with Crippen molar-refractivity contribution in [2.75, 3.05) is 18.0 Å². The Hall–Kier alpha value is -2.44. The molecule has 1 saturated heterocycles. The third-order valence-corrected chi connectivity index (χ3v) is 6.32. The molecule has 3 aromatic rings. The van der Waals surface area contributed by atoms with Gasteiger partial charge < -0.3 is 10.2 Å². The van der Waals surface area contributed by atoms with E-state index >= 15 is 0 Å². The number of halogens is 1. The average Bonchev–Trinajstić information content (AvgIpc) is 3.15. The highest BCUT2D eigenvalue weighted by atomic mass is 35.5. The number of para-hydroxylation sites is 1. The van der Waals surface area contributed by atoms with Gasteiger partial charge in [-0.2, -0.15) is 0 Å². The van der Waals surface area contributed by atoms with Crippen LogP contribution in [0.2, 0.25) is 5.15 Å². The number of amides is 1. The second kappa shape index (κ2) is 8.71. The molecular weight excluding hydrogens is 392 g/mol. The Morgan fingerprint density at radius 3 is 2.75 bits per heavy atom. The van der Waals surface area contributed by atoms with Gasteiger partial charge in [0, 0.05) is 43.3 Å². The number of thiazole rings is 1. The van der Waals surface area contributed by atoms with E-state index in [1.165, 1.54) is 36.3 Å². The molecule has 0 bridgehead atoms. The molecule has 5 nitrogen and oxygen atoms in total. The molecule has 0 aliphatic carbocycles. The van der Waals surface area contributed by atoms with Crippen LogP contribution in [-0.2, 0) is 6.54 Å². The number of hydrogen-bond acceptors (Lipinski definition) is 5. The minimum absolute atomic E-state index is 0.203. The van der Waals surface area contributed by atoms with Crippen LogP contribution in [0.3, 0.4) is 0 Å². The zero-order valence-electron chi connectivity index (χ0n) is 15.4. The fraction of sp³-hybridized carbons (Fsp3) is 0.286. The van der Waals surface area contributed by atoms with Crippen molar-refractivity contribution in [2.45, 2.75) is 25.8 Å². The van der Waals surface area contributed by atoms with Crippen molar-refractivity contribution in [3.8, 4) is 10.6 Å². The number of benzene rings is 1. The molecule has 2 aromatic heterocycles. The Morgan fingerprint density at radius 1 is 1.14 bits per heavy atom. The van der Waals surface area contributed by atoms with Gasteiger partial charge in [-0.1, -0.05) is 29.8 Å². The largest absolute Gasteiger partial charge is 0.371 e. The summed E-state index contributed by atoms with van der Waals surface area (Å²) in [5.41, 5.74) is 3.17. The van der Waals surface area contributed by atoms with Gasteiger partial charge in [-0.25, -0.2) is 4.98 Å². The van der Waals surface area contributed by atoms with Crippen LogP contribution in [0.25, 0.3) is 10.6 Å². The van der Waals surface area contributed by atoms with E-state index in [1.54, 1.807) is 12.4 Å². The van der Waals surface area contributed by atoms with Crippen molar-refractivity contribution in [3.63, 3.8) is 0 Å². The van der Waals surface area contributed by atoms with Gasteiger partial charge in [-0.3, -0.25) is 9.78 Å². The second-order valence-corrected chi connectivity index (χ2v) is 8.10. The minimum Gasteiger partial charge on any atom is -0.371 e. The zero-order valence-corrected chi connectivity index (χ0v) is 17.0. The molecule has 3 heterocycles. The molecule has 0 unspecified atom stereocenters. The first kappa shape index (κ1) is 18.9. The number of pyridine rings is 1. The van der Waals surface area contributed by atoms with Crippen LogP contribution in [0.4, 0.5) is 5.69 Å². The molecule has 1 aliphatic rings. The number of hydrogen-bond donors (Lipinski definition) is 1. The van der Waals surface area contributed by atoms with Crippen LogP contribution >= 0.6 is 22.9 Å². The quantitative estimate of drug-likeness (QED) is 0.655. The standard InChI is InChI=1S/C21H21ClN4OS/c22-19-18(28-21(25-19)16-8-6-10-23-13-16)20(27)24-14-15-7-2-3-9-17(15)26-11-4-1-5-12-26/h2-3,6-10,13H,1,4-5,11-12,14H2,(H,24,27). The fourth-order valence-corrected chi connectivity index (χ4v) is 4.61. The van der Waals surface area contributed by atoms with Crippen LogP contribution in [0.1, 0.15) is 34.5 Å². The summed E-state index contributed by atoms with van der Waals surface area (Å²) >= 11 is 7.52. The van der Waals surface area contributed by atoms with Gasteiger partial charge in [0.15, 0.2) is 5.15 Å². The molecule has 0 radical (unpaired) electrons. The monoisotopic (exact) mass is 412 g/mol. The first-order chi connectivity index (χ1) is 13.7. The van der Waals surface area contributed by atoms with E-state index in [9.17, 15) is 4.79 Å². The van der Waals surface area contributed by atoms with Crippen molar-refractivity contribution in [1.82, 2.24) is 15.3 Å². The van der Waals surface area contributed by atoms with E-state index in [2.05, 4.69) is 38.4 Å². The van der Waals surface area contributed by atoms with Crippen LogP contribution in [0, 0.1) is 0 Å². The lowest BCUT2D eigenvalue weighted by molar-refractivity contribution is 0.0955. The molecule has 1 fully saturated rings. The highest BCUT2D eigenvalue weighted by molar-refractivity contribution is 7.17. The number of carbonyl (C=O) groups is 1. The molecule has 28 heavy (non-hydrogen) atoms. The third kappa shape index (κ3) is 4.18. The van der Waals surface area contributed by atoms with E-state index < -0.39 is 0 Å². The number of anilines is 1. The number of nitrogens with zero attached hydrogens (tertiary/aromatic N) is 3. The lowest BCUT2D eigenvalue weighted by atomic mass is 10.1. The first-order valence-corrected chi connectivity index (χ1v) is 10.6. The van der Waals surface area contributed by atoms with Gasteiger partial charge >= 0.3 is 0 Å². The lowest BCUT2D eigenvalue weighted by Gasteiger charge is -2.30. The number of piperidine rings is 1.